The van der Waals surface area contributed by atoms with Gasteiger partial charge in [-0.2, -0.15) is 0 Å². The highest BCUT2D eigenvalue weighted by molar-refractivity contribution is 7.80. The number of aryl methyl sites for hydroxylation is 1. The molecule has 3 N–H and O–H groups in total. The third kappa shape index (κ3) is 2.10. The largest absolute Gasteiger partial charge is 0.392 e. The average Bonchev–Trinajstić information content (AvgIpc) is 2.19. The van der Waals surface area contributed by atoms with E-state index in [0.29, 0.717) is 12.8 Å². The smallest absolute Gasteiger partial charge is 0.237 e. The van der Waals surface area contributed by atoms with Crippen LogP contribution >= 0.6 is 12.2 Å². The number of thiocarbonyl (C=S) groups is 1. The summed E-state index contributed by atoms with van der Waals surface area (Å²) < 4.78 is 13.6. The van der Waals surface area contributed by atoms with Gasteiger partial charge in [0.15, 0.2) is 0 Å². The van der Waals surface area contributed by atoms with Gasteiger partial charge in [0, 0.05) is 0 Å². The van der Waals surface area contributed by atoms with Crippen molar-refractivity contribution in [2.75, 3.05) is 5.32 Å². The zero-order valence-corrected chi connectivity index (χ0v) is 10.9. The summed E-state index contributed by atoms with van der Waals surface area (Å²) in [6, 6.07) is 4.67. The van der Waals surface area contributed by atoms with Crippen LogP contribution in [0.4, 0.5) is 10.1 Å². The average molecular weight is 266 g/mol. The van der Waals surface area contributed by atoms with Crippen molar-refractivity contribution in [2.24, 2.45) is 11.1 Å². The standard InChI is InChI=1S/C13H15FN2OS/c1-8-3-4-10(9(14)7-8)16-12(17)13(11(15)18)5-2-6-13/h3-4,7H,2,5-6H2,1H3,(H2,15,18)(H,16,17). The highest BCUT2D eigenvalue weighted by Crippen LogP contribution is 2.42. The number of halogens is 1. The Morgan fingerprint density at radius 3 is 2.61 bits per heavy atom. The van der Waals surface area contributed by atoms with Gasteiger partial charge in [-0.3, -0.25) is 4.79 Å². The fourth-order valence-electron chi connectivity index (χ4n) is 2.08. The minimum Gasteiger partial charge on any atom is -0.392 e. The summed E-state index contributed by atoms with van der Waals surface area (Å²) in [5, 5.41) is 2.58. The SMILES string of the molecule is Cc1ccc(NC(=O)C2(C(N)=S)CCC2)c(F)c1. The number of rotatable bonds is 3. The monoisotopic (exact) mass is 266 g/mol. The number of hydrogen-bond donors (Lipinski definition) is 2. The number of nitrogens with one attached hydrogen (secondary N) is 1. The maximum absolute atomic E-state index is 13.6. The van der Waals surface area contributed by atoms with E-state index in [1.807, 2.05) is 0 Å². The van der Waals surface area contributed by atoms with Crippen LogP contribution in [0.15, 0.2) is 18.2 Å². The molecule has 1 aromatic rings. The summed E-state index contributed by atoms with van der Waals surface area (Å²) in [5.74, 6) is -0.746. The maximum atomic E-state index is 13.6. The van der Waals surface area contributed by atoms with E-state index in [9.17, 15) is 9.18 Å². The van der Waals surface area contributed by atoms with Crippen molar-refractivity contribution in [3.8, 4) is 0 Å². The molecule has 1 aliphatic rings. The number of amides is 1. The van der Waals surface area contributed by atoms with E-state index in [-0.39, 0.29) is 16.6 Å². The Morgan fingerprint density at radius 1 is 1.50 bits per heavy atom. The van der Waals surface area contributed by atoms with E-state index in [2.05, 4.69) is 5.32 Å². The third-order valence-corrected chi connectivity index (χ3v) is 3.88. The van der Waals surface area contributed by atoms with Crippen molar-refractivity contribution in [1.29, 1.82) is 0 Å². The second-order valence-electron chi connectivity index (χ2n) is 4.74. The van der Waals surface area contributed by atoms with Gasteiger partial charge >= 0.3 is 0 Å². The van der Waals surface area contributed by atoms with Crippen LogP contribution in [0, 0.1) is 18.2 Å². The summed E-state index contributed by atoms with van der Waals surface area (Å²) >= 11 is 4.95. The van der Waals surface area contributed by atoms with Crippen molar-refractivity contribution in [1.82, 2.24) is 0 Å². The Bertz CT molecular complexity index is 512. The van der Waals surface area contributed by atoms with Crippen LogP contribution in [0.3, 0.4) is 0 Å². The fraction of sp³-hybridized carbons (Fsp3) is 0.385. The van der Waals surface area contributed by atoms with Gasteiger partial charge in [-0.05, 0) is 37.5 Å². The van der Waals surface area contributed by atoms with Gasteiger partial charge in [-0.25, -0.2) is 4.39 Å². The molecule has 0 unspecified atom stereocenters. The molecule has 96 valence electrons. The minimum atomic E-state index is -0.785. The Morgan fingerprint density at radius 2 is 2.17 bits per heavy atom. The molecule has 0 spiro atoms. The minimum absolute atomic E-state index is 0.174. The molecule has 1 saturated carbocycles. The number of carbonyl (C=O) groups is 1. The number of anilines is 1. The Balaban J connectivity index is 2.19. The molecule has 0 heterocycles. The lowest BCUT2D eigenvalue weighted by molar-refractivity contribution is -0.125. The highest BCUT2D eigenvalue weighted by Gasteiger charge is 2.47. The molecular formula is C13H15FN2OS. The summed E-state index contributed by atoms with van der Waals surface area (Å²) in [5.41, 5.74) is 5.82. The topological polar surface area (TPSA) is 55.1 Å². The molecule has 3 nitrogen and oxygen atoms in total. The first-order valence-corrected chi connectivity index (χ1v) is 6.24. The zero-order chi connectivity index (χ0) is 13.3. The number of carbonyl (C=O) groups excluding carboxylic acids is 1. The summed E-state index contributed by atoms with van der Waals surface area (Å²) in [6.07, 6.45) is 2.20. The van der Waals surface area contributed by atoms with Crippen LogP contribution in [0.2, 0.25) is 0 Å². The second kappa shape index (κ2) is 4.65. The lowest BCUT2D eigenvalue weighted by Gasteiger charge is -2.39. The lowest BCUT2D eigenvalue weighted by atomic mass is 9.68. The second-order valence-corrected chi connectivity index (χ2v) is 5.18. The van der Waals surface area contributed by atoms with Crippen LogP contribution in [-0.4, -0.2) is 10.9 Å². The van der Waals surface area contributed by atoms with Crippen molar-refractivity contribution in [3.63, 3.8) is 0 Å². The number of nitrogens with two attached hydrogens (primary N) is 1. The van der Waals surface area contributed by atoms with Crippen molar-refractivity contribution in [2.45, 2.75) is 26.2 Å². The normalized spacial score (nSPS) is 16.8. The molecule has 1 amide bonds. The molecule has 0 saturated heterocycles. The predicted octanol–water partition coefficient (Wildman–Crippen LogP) is 2.53. The molecule has 0 bridgehead atoms. The van der Waals surface area contributed by atoms with E-state index in [4.69, 9.17) is 18.0 Å². The quantitative estimate of drug-likeness (QED) is 0.827. The van der Waals surface area contributed by atoms with Crippen LogP contribution in [-0.2, 0) is 4.79 Å². The Labute approximate surface area is 111 Å². The highest BCUT2D eigenvalue weighted by atomic mass is 32.1. The molecular weight excluding hydrogens is 251 g/mol. The van der Waals surface area contributed by atoms with Gasteiger partial charge in [0.25, 0.3) is 0 Å². The van der Waals surface area contributed by atoms with Crippen molar-refractivity contribution in [3.05, 3.63) is 29.6 Å². The maximum Gasteiger partial charge on any atom is 0.237 e. The molecule has 1 aromatic carbocycles. The van der Waals surface area contributed by atoms with Gasteiger partial charge in [0.05, 0.1) is 16.1 Å². The first kappa shape index (κ1) is 13.0. The zero-order valence-electron chi connectivity index (χ0n) is 10.1. The van der Waals surface area contributed by atoms with Crippen LogP contribution < -0.4 is 11.1 Å². The van der Waals surface area contributed by atoms with Gasteiger partial charge in [-0.1, -0.05) is 24.7 Å². The summed E-state index contributed by atoms with van der Waals surface area (Å²) in [6.45, 7) is 1.79. The van der Waals surface area contributed by atoms with E-state index in [0.717, 1.165) is 12.0 Å². The van der Waals surface area contributed by atoms with Crippen molar-refractivity contribution < 1.29 is 9.18 Å². The van der Waals surface area contributed by atoms with Crippen LogP contribution in [0.1, 0.15) is 24.8 Å². The molecule has 2 rings (SSSR count). The van der Waals surface area contributed by atoms with E-state index < -0.39 is 11.2 Å². The first-order valence-electron chi connectivity index (χ1n) is 5.83. The van der Waals surface area contributed by atoms with Crippen molar-refractivity contribution >= 4 is 28.8 Å². The molecule has 1 aliphatic carbocycles. The predicted molar refractivity (Wildman–Crippen MR) is 72.8 cm³/mol. The molecule has 0 aromatic heterocycles. The van der Waals surface area contributed by atoms with Gasteiger partial charge in [0.1, 0.15) is 5.82 Å². The number of hydrogen-bond acceptors (Lipinski definition) is 2. The van der Waals surface area contributed by atoms with E-state index in [1.54, 1.807) is 19.1 Å². The molecule has 0 radical (unpaired) electrons. The number of benzene rings is 1. The summed E-state index contributed by atoms with van der Waals surface area (Å²) in [4.78, 5) is 12.3. The fourth-order valence-corrected chi connectivity index (χ4v) is 2.38. The van der Waals surface area contributed by atoms with Crippen LogP contribution in [0.25, 0.3) is 0 Å². The third-order valence-electron chi connectivity index (χ3n) is 3.49. The van der Waals surface area contributed by atoms with Gasteiger partial charge < -0.3 is 11.1 Å². The first-order chi connectivity index (χ1) is 8.45. The van der Waals surface area contributed by atoms with E-state index in [1.165, 1.54) is 6.07 Å². The lowest BCUT2D eigenvalue weighted by Crippen LogP contribution is -2.50. The summed E-state index contributed by atoms with van der Waals surface area (Å²) in [7, 11) is 0. The Hall–Kier alpha value is -1.49. The molecule has 18 heavy (non-hydrogen) atoms. The molecule has 0 atom stereocenters. The molecule has 1 fully saturated rings. The molecule has 0 aliphatic heterocycles. The Kier molecular flexibility index (Phi) is 3.34. The van der Waals surface area contributed by atoms with E-state index >= 15 is 0 Å². The van der Waals surface area contributed by atoms with Crippen LogP contribution in [0.5, 0.6) is 0 Å². The van der Waals surface area contributed by atoms with Gasteiger partial charge in [0.2, 0.25) is 5.91 Å². The molecule has 5 heteroatoms. The van der Waals surface area contributed by atoms with Gasteiger partial charge in [-0.15, -0.1) is 0 Å².